The summed E-state index contributed by atoms with van der Waals surface area (Å²) in [6.45, 7) is 4.70. The number of H-pyrrole nitrogens is 1. The minimum Gasteiger partial charge on any atom is -0.349 e. The number of hydrogen-bond donors (Lipinski definition) is 1. The second kappa shape index (κ2) is 6.66. The zero-order chi connectivity index (χ0) is 19.1. The Labute approximate surface area is 147 Å². The monoisotopic (exact) mass is 387 g/mol. The predicted molar refractivity (Wildman–Crippen MR) is 87.4 cm³/mol. The molecule has 1 N–H and O–H groups in total. The van der Waals surface area contributed by atoms with Crippen molar-refractivity contribution in [3.05, 3.63) is 43.5 Å². The molecular formula is C13H18N5O7P. The first-order valence-electron chi connectivity index (χ1n) is 7.83. The first-order valence-corrected chi connectivity index (χ1v) is 9.29. The van der Waals surface area contributed by atoms with E-state index in [0.29, 0.717) is 0 Å². The normalized spacial score (nSPS) is 36.5. The third-order valence-corrected chi connectivity index (χ3v) is 5.69. The fraction of sp³-hybridized carbons (Fsp3) is 0.692. The van der Waals surface area contributed by atoms with Crippen LogP contribution in [0.3, 0.4) is 0 Å². The van der Waals surface area contributed by atoms with Crippen molar-refractivity contribution in [2.75, 3.05) is 6.61 Å². The van der Waals surface area contributed by atoms with Gasteiger partial charge in [0.2, 0.25) is 0 Å². The lowest BCUT2D eigenvalue weighted by molar-refractivity contribution is -0.0749. The number of azide groups is 1. The van der Waals surface area contributed by atoms with E-state index in [1.54, 1.807) is 13.8 Å². The molecule has 3 heterocycles. The summed E-state index contributed by atoms with van der Waals surface area (Å²) in [5.41, 5.74) is 6.23. The Hall–Kier alpha value is -1.94. The molecule has 2 saturated heterocycles. The number of fused-ring (bicyclic) bond motifs is 1. The first kappa shape index (κ1) is 18.8. The van der Waals surface area contributed by atoms with Gasteiger partial charge in [0, 0.05) is 17.2 Å². The van der Waals surface area contributed by atoms with Gasteiger partial charge in [0.05, 0.1) is 12.7 Å². The van der Waals surface area contributed by atoms with E-state index in [-0.39, 0.29) is 6.61 Å². The van der Waals surface area contributed by atoms with Crippen LogP contribution < -0.4 is 11.2 Å². The zero-order valence-electron chi connectivity index (χ0n) is 14.3. The molecule has 26 heavy (non-hydrogen) atoms. The van der Waals surface area contributed by atoms with Gasteiger partial charge in [-0.3, -0.25) is 27.9 Å². The number of nitrogens with zero attached hydrogens (tertiary/aromatic N) is 4. The summed E-state index contributed by atoms with van der Waals surface area (Å²) < 4.78 is 35.5. The molecule has 5 atom stereocenters. The lowest BCUT2D eigenvalue weighted by atomic mass is 9.93. The fourth-order valence-electron chi connectivity index (χ4n) is 3.00. The maximum atomic E-state index is 12.7. The van der Waals surface area contributed by atoms with Crippen molar-refractivity contribution < 1.29 is 22.9 Å². The van der Waals surface area contributed by atoms with E-state index >= 15 is 0 Å². The summed E-state index contributed by atoms with van der Waals surface area (Å²) in [4.78, 5) is 28.4. The second-order valence-corrected chi connectivity index (χ2v) is 7.96. The highest BCUT2D eigenvalue weighted by Gasteiger charge is 2.60. The molecule has 0 radical (unpaired) electrons. The summed E-state index contributed by atoms with van der Waals surface area (Å²) in [5.74, 6) is 0. The van der Waals surface area contributed by atoms with Gasteiger partial charge < -0.3 is 4.74 Å². The highest BCUT2D eigenvalue weighted by atomic mass is 31.2. The molecule has 0 aromatic carbocycles. The van der Waals surface area contributed by atoms with Crippen LogP contribution in [0.1, 0.15) is 27.0 Å². The molecule has 0 unspecified atom stereocenters. The summed E-state index contributed by atoms with van der Waals surface area (Å²) in [7, 11) is -3.89. The number of hydrogen-bond acceptors (Lipinski definition) is 8. The highest BCUT2D eigenvalue weighted by molar-refractivity contribution is 7.48. The van der Waals surface area contributed by atoms with Gasteiger partial charge >= 0.3 is 13.5 Å². The number of rotatable bonds is 4. The first-order chi connectivity index (χ1) is 12.2. The van der Waals surface area contributed by atoms with E-state index in [1.165, 1.54) is 13.1 Å². The van der Waals surface area contributed by atoms with E-state index in [1.807, 2.05) is 0 Å². The topological polar surface area (TPSA) is 158 Å². The molecule has 142 valence electrons. The van der Waals surface area contributed by atoms with Crippen LogP contribution in [0.4, 0.5) is 0 Å². The van der Waals surface area contributed by atoms with Crippen LogP contribution >= 0.6 is 7.82 Å². The van der Waals surface area contributed by atoms with Gasteiger partial charge in [0.15, 0.2) is 6.23 Å². The largest absolute Gasteiger partial charge is 0.475 e. The van der Waals surface area contributed by atoms with E-state index < -0.39 is 49.2 Å². The Morgan fingerprint density at radius 1 is 1.54 bits per heavy atom. The van der Waals surface area contributed by atoms with Crippen LogP contribution in [0, 0.1) is 0 Å². The number of aromatic amines is 1. The Kier molecular flexibility index (Phi) is 4.82. The summed E-state index contributed by atoms with van der Waals surface area (Å²) >= 11 is 0. The molecule has 0 spiro atoms. The van der Waals surface area contributed by atoms with Gasteiger partial charge in [0.25, 0.3) is 5.56 Å². The third kappa shape index (κ3) is 3.23. The molecule has 0 aliphatic carbocycles. The maximum absolute atomic E-state index is 12.7. The van der Waals surface area contributed by atoms with E-state index in [9.17, 15) is 14.2 Å². The molecule has 12 nitrogen and oxygen atoms in total. The Bertz CT molecular complexity index is 907. The van der Waals surface area contributed by atoms with Gasteiger partial charge in [-0.2, -0.15) is 0 Å². The van der Waals surface area contributed by atoms with Crippen LogP contribution in [0.25, 0.3) is 10.4 Å². The van der Waals surface area contributed by atoms with Crippen molar-refractivity contribution >= 4 is 7.82 Å². The third-order valence-electron chi connectivity index (χ3n) is 4.06. The van der Waals surface area contributed by atoms with Crippen LogP contribution in [0.15, 0.2) is 27.0 Å². The predicted octanol–water partition coefficient (Wildman–Crippen LogP) is 1.45. The molecule has 1 aromatic heterocycles. The molecule has 0 bridgehead atoms. The number of aromatic nitrogens is 2. The van der Waals surface area contributed by atoms with E-state index in [4.69, 9.17) is 23.8 Å². The zero-order valence-corrected chi connectivity index (χ0v) is 15.2. The minimum absolute atomic E-state index is 0.139. The molecule has 0 saturated carbocycles. The summed E-state index contributed by atoms with van der Waals surface area (Å²) in [6, 6.07) is 1.13. The van der Waals surface area contributed by atoms with Crippen molar-refractivity contribution in [2.45, 2.75) is 50.8 Å². The van der Waals surface area contributed by atoms with Crippen LogP contribution in [0.5, 0.6) is 0 Å². The smallest absolute Gasteiger partial charge is 0.349 e. The molecule has 2 fully saturated rings. The fourth-order valence-corrected chi connectivity index (χ4v) is 4.65. The average Bonchev–Trinajstić information content (AvgIpc) is 2.79. The van der Waals surface area contributed by atoms with Crippen molar-refractivity contribution in [3.63, 3.8) is 0 Å². The minimum atomic E-state index is -3.89. The van der Waals surface area contributed by atoms with Crippen LogP contribution in [-0.2, 0) is 22.9 Å². The number of phosphoric ester groups is 1. The Morgan fingerprint density at radius 2 is 2.27 bits per heavy atom. The molecule has 3 rings (SSSR count). The molecule has 2 aliphatic heterocycles. The summed E-state index contributed by atoms with van der Waals surface area (Å²) in [5, 5.41) is 3.75. The Morgan fingerprint density at radius 3 is 2.88 bits per heavy atom. The number of ether oxygens (including phenoxy) is 1. The van der Waals surface area contributed by atoms with E-state index in [0.717, 1.165) is 10.6 Å². The molecule has 1 aromatic rings. The Balaban J connectivity index is 2.02. The van der Waals surface area contributed by atoms with Crippen molar-refractivity contribution in [1.82, 2.24) is 9.55 Å². The van der Waals surface area contributed by atoms with Gasteiger partial charge in [-0.05, 0) is 26.3 Å². The molecule has 13 heteroatoms. The van der Waals surface area contributed by atoms with Gasteiger partial charge in [-0.15, -0.1) is 0 Å². The van der Waals surface area contributed by atoms with Gasteiger partial charge in [-0.25, -0.2) is 9.36 Å². The van der Waals surface area contributed by atoms with Crippen molar-refractivity contribution in [2.24, 2.45) is 5.11 Å². The molecule has 2 aliphatic rings. The lowest BCUT2D eigenvalue weighted by Gasteiger charge is -2.35. The van der Waals surface area contributed by atoms with Crippen LogP contribution in [-0.4, -0.2) is 40.0 Å². The standard InChI is InChI=1S/C13H18N5O7P/c1-7(2)24-26(21)22-6-8-10(25-26)13(3,16-17-14)11(23-8)18-5-4-9(19)15-12(18)20/h4-5,7-8,10-11H,6H2,1-3H3,(H,15,19,20)/t8-,10-,11-,13-,26+/m1/s1. The molecule has 0 amide bonds. The highest BCUT2D eigenvalue weighted by Crippen LogP contribution is 2.59. The second-order valence-electron chi connectivity index (χ2n) is 6.38. The quantitative estimate of drug-likeness (QED) is 0.354. The number of phosphoric acid groups is 1. The van der Waals surface area contributed by atoms with Crippen LogP contribution in [0.2, 0.25) is 0 Å². The number of nitrogens with one attached hydrogen (secondary N) is 1. The molecular weight excluding hydrogens is 369 g/mol. The summed E-state index contributed by atoms with van der Waals surface area (Å²) in [6.07, 6.45) is -2.05. The lowest BCUT2D eigenvalue weighted by Crippen LogP contribution is -2.48. The van der Waals surface area contributed by atoms with Gasteiger partial charge in [0.1, 0.15) is 17.7 Å². The van der Waals surface area contributed by atoms with Crippen molar-refractivity contribution in [1.29, 1.82) is 0 Å². The van der Waals surface area contributed by atoms with E-state index in [2.05, 4.69) is 15.0 Å². The van der Waals surface area contributed by atoms with Crippen molar-refractivity contribution in [3.8, 4) is 0 Å². The SMILES string of the molecule is CC(C)O[P@]1(=O)OC[C@H]2O[C@@H](n3ccc(=O)[nH]c3=O)[C@](C)(N=[N+]=[N-])[C@@H]2O1. The van der Waals surface area contributed by atoms with Gasteiger partial charge in [-0.1, -0.05) is 5.11 Å². The maximum Gasteiger partial charge on any atom is 0.475 e. The average molecular weight is 387 g/mol.